The van der Waals surface area contributed by atoms with Gasteiger partial charge < -0.3 is 5.32 Å². The van der Waals surface area contributed by atoms with E-state index in [0.717, 1.165) is 15.7 Å². The van der Waals surface area contributed by atoms with Crippen LogP contribution in [-0.4, -0.2) is 0 Å². The van der Waals surface area contributed by atoms with Crippen molar-refractivity contribution in [1.82, 2.24) is 0 Å². The SMILES string of the molecule is Cc1cc(C)c(NCc2ccc(C)c(F)c2)c(Br)c1. The van der Waals surface area contributed by atoms with Crippen molar-refractivity contribution < 1.29 is 4.39 Å². The Hall–Kier alpha value is -1.35. The molecule has 0 bridgehead atoms. The summed E-state index contributed by atoms with van der Waals surface area (Å²) in [5.41, 5.74) is 5.08. The highest BCUT2D eigenvalue weighted by Gasteiger charge is 2.05. The Morgan fingerprint density at radius 1 is 1.05 bits per heavy atom. The minimum Gasteiger partial charge on any atom is -0.380 e. The van der Waals surface area contributed by atoms with Gasteiger partial charge in [-0.2, -0.15) is 0 Å². The Morgan fingerprint density at radius 2 is 1.79 bits per heavy atom. The van der Waals surface area contributed by atoms with Crippen LogP contribution in [0.5, 0.6) is 0 Å². The lowest BCUT2D eigenvalue weighted by molar-refractivity contribution is 0.616. The Balaban J connectivity index is 2.16. The first-order chi connectivity index (χ1) is 8.97. The molecule has 0 unspecified atom stereocenters. The first-order valence-corrected chi connectivity index (χ1v) is 7.02. The minimum absolute atomic E-state index is 0.154. The average Bonchev–Trinajstić information content (AvgIpc) is 2.32. The molecule has 3 heteroatoms. The quantitative estimate of drug-likeness (QED) is 0.826. The molecule has 2 rings (SSSR count). The van der Waals surface area contributed by atoms with Crippen molar-refractivity contribution in [3.8, 4) is 0 Å². The maximum Gasteiger partial charge on any atom is 0.126 e. The summed E-state index contributed by atoms with van der Waals surface area (Å²) < 4.78 is 14.5. The number of halogens is 2. The molecule has 0 aromatic heterocycles. The summed E-state index contributed by atoms with van der Waals surface area (Å²) in [5, 5.41) is 3.36. The zero-order valence-electron chi connectivity index (χ0n) is 11.3. The standard InChI is InChI=1S/C16H17BrFN/c1-10-6-12(3)16(14(17)7-10)19-9-13-5-4-11(2)15(18)8-13/h4-8,19H,9H2,1-3H3. The summed E-state index contributed by atoms with van der Waals surface area (Å²) in [6, 6.07) is 9.54. The predicted octanol–water partition coefficient (Wildman–Crippen LogP) is 5.13. The first-order valence-electron chi connectivity index (χ1n) is 6.23. The average molecular weight is 322 g/mol. The first kappa shape index (κ1) is 14.1. The van der Waals surface area contributed by atoms with E-state index in [9.17, 15) is 4.39 Å². The van der Waals surface area contributed by atoms with Gasteiger partial charge in [0.25, 0.3) is 0 Å². The topological polar surface area (TPSA) is 12.0 Å². The van der Waals surface area contributed by atoms with Crippen LogP contribution < -0.4 is 5.32 Å². The molecular weight excluding hydrogens is 305 g/mol. The molecule has 0 radical (unpaired) electrons. The maximum absolute atomic E-state index is 13.5. The van der Waals surface area contributed by atoms with Gasteiger partial charge in [0.05, 0.1) is 5.69 Å². The third-order valence-corrected chi connectivity index (χ3v) is 3.76. The predicted molar refractivity (Wildman–Crippen MR) is 82.1 cm³/mol. The second-order valence-corrected chi connectivity index (χ2v) is 5.73. The Bertz CT molecular complexity index is 585. The third kappa shape index (κ3) is 3.35. The van der Waals surface area contributed by atoms with Crippen molar-refractivity contribution >= 4 is 21.6 Å². The smallest absolute Gasteiger partial charge is 0.126 e. The van der Waals surface area contributed by atoms with Crippen LogP contribution >= 0.6 is 15.9 Å². The van der Waals surface area contributed by atoms with Gasteiger partial charge in [-0.3, -0.25) is 0 Å². The van der Waals surface area contributed by atoms with Crippen molar-refractivity contribution in [1.29, 1.82) is 0 Å². The van der Waals surface area contributed by atoms with Gasteiger partial charge in [-0.15, -0.1) is 0 Å². The molecule has 2 aromatic carbocycles. The van der Waals surface area contributed by atoms with Crippen LogP contribution in [0.15, 0.2) is 34.8 Å². The fraction of sp³-hybridized carbons (Fsp3) is 0.250. The second-order valence-electron chi connectivity index (χ2n) is 4.88. The van der Waals surface area contributed by atoms with Crippen molar-refractivity contribution in [2.24, 2.45) is 0 Å². The zero-order valence-corrected chi connectivity index (χ0v) is 12.9. The van der Waals surface area contributed by atoms with Crippen LogP contribution in [0.4, 0.5) is 10.1 Å². The number of hydrogen-bond donors (Lipinski definition) is 1. The van der Waals surface area contributed by atoms with Crippen molar-refractivity contribution in [2.75, 3.05) is 5.32 Å². The fourth-order valence-corrected chi connectivity index (χ4v) is 2.89. The van der Waals surface area contributed by atoms with Crippen molar-refractivity contribution in [3.05, 3.63) is 62.9 Å². The van der Waals surface area contributed by atoms with Crippen molar-refractivity contribution in [3.63, 3.8) is 0 Å². The summed E-state index contributed by atoms with van der Waals surface area (Å²) in [6.07, 6.45) is 0. The molecule has 1 nitrogen and oxygen atoms in total. The molecule has 0 aliphatic carbocycles. The molecule has 100 valence electrons. The van der Waals surface area contributed by atoms with E-state index in [1.807, 2.05) is 12.1 Å². The lowest BCUT2D eigenvalue weighted by atomic mass is 10.1. The number of rotatable bonds is 3. The van der Waals surface area contributed by atoms with E-state index in [-0.39, 0.29) is 5.82 Å². The lowest BCUT2D eigenvalue weighted by Crippen LogP contribution is -2.03. The highest BCUT2D eigenvalue weighted by molar-refractivity contribution is 9.10. The lowest BCUT2D eigenvalue weighted by Gasteiger charge is -2.13. The summed E-state index contributed by atoms with van der Waals surface area (Å²) >= 11 is 3.56. The fourth-order valence-electron chi connectivity index (χ4n) is 2.08. The monoisotopic (exact) mass is 321 g/mol. The van der Waals surface area contributed by atoms with Gasteiger partial charge in [-0.1, -0.05) is 18.2 Å². The molecule has 0 saturated heterocycles. The van der Waals surface area contributed by atoms with Gasteiger partial charge in [0.1, 0.15) is 5.82 Å². The van der Waals surface area contributed by atoms with Crippen LogP contribution in [-0.2, 0) is 6.54 Å². The van der Waals surface area contributed by atoms with E-state index in [1.165, 1.54) is 11.1 Å². The Labute approximate surface area is 122 Å². The molecule has 0 saturated carbocycles. The summed E-state index contributed by atoms with van der Waals surface area (Å²) in [7, 11) is 0. The summed E-state index contributed by atoms with van der Waals surface area (Å²) in [6.45, 7) is 6.51. The van der Waals surface area contributed by atoms with Gasteiger partial charge in [0, 0.05) is 11.0 Å². The van der Waals surface area contributed by atoms with Gasteiger partial charge in [-0.05, 0) is 71.1 Å². The minimum atomic E-state index is -0.154. The number of anilines is 1. The van der Waals surface area contributed by atoms with Gasteiger partial charge >= 0.3 is 0 Å². The molecule has 0 spiro atoms. The number of aryl methyl sites for hydroxylation is 3. The van der Waals surface area contributed by atoms with Crippen molar-refractivity contribution in [2.45, 2.75) is 27.3 Å². The highest BCUT2D eigenvalue weighted by Crippen LogP contribution is 2.28. The number of nitrogens with one attached hydrogen (secondary N) is 1. The van der Waals surface area contributed by atoms with E-state index in [0.29, 0.717) is 12.1 Å². The molecule has 0 fully saturated rings. The van der Waals surface area contributed by atoms with E-state index < -0.39 is 0 Å². The molecule has 1 N–H and O–H groups in total. The number of benzene rings is 2. The molecule has 0 amide bonds. The third-order valence-electron chi connectivity index (χ3n) is 3.14. The van der Waals surface area contributed by atoms with Crippen LogP contribution in [0.25, 0.3) is 0 Å². The molecular formula is C16H17BrFN. The zero-order chi connectivity index (χ0) is 14.0. The van der Waals surface area contributed by atoms with Gasteiger partial charge in [0.15, 0.2) is 0 Å². The summed E-state index contributed by atoms with van der Waals surface area (Å²) in [4.78, 5) is 0. The van der Waals surface area contributed by atoms with Crippen LogP contribution in [0.3, 0.4) is 0 Å². The maximum atomic E-state index is 13.5. The molecule has 0 heterocycles. The summed E-state index contributed by atoms with van der Waals surface area (Å²) in [5.74, 6) is -0.154. The highest BCUT2D eigenvalue weighted by atomic mass is 79.9. The normalized spacial score (nSPS) is 10.6. The Morgan fingerprint density at radius 3 is 2.42 bits per heavy atom. The van der Waals surface area contributed by atoms with Gasteiger partial charge in [-0.25, -0.2) is 4.39 Å². The van der Waals surface area contributed by atoms with Gasteiger partial charge in [0.2, 0.25) is 0 Å². The van der Waals surface area contributed by atoms with Crippen LogP contribution in [0.2, 0.25) is 0 Å². The molecule has 0 aliphatic rings. The molecule has 2 aromatic rings. The van der Waals surface area contributed by atoms with Crippen LogP contribution in [0, 0.1) is 26.6 Å². The largest absolute Gasteiger partial charge is 0.380 e. The number of hydrogen-bond acceptors (Lipinski definition) is 1. The molecule has 0 aliphatic heterocycles. The van der Waals surface area contributed by atoms with E-state index in [2.05, 4.69) is 47.2 Å². The van der Waals surface area contributed by atoms with E-state index >= 15 is 0 Å². The Kier molecular flexibility index (Phi) is 4.25. The van der Waals surface area contributed by atoms with Crippen LogP contribution in [0.1, 0.15) is 22.3 Å². The second kappa shape index (κ2) is 5.74. The van der Waals surface area contributed by atoms with E-state index in [1.54, 1.807) is 13.0 Å². The molecule has 0 atom stereocenters. The molecule has 19 heavy (non-hydrogen) atoms. The van der Waals surface area contributed by atoms with E-state index in [4.69, 9.17) is 0 Å².